The first-order valence-corrected chi connectivity index (χ1v) is 8.10. The Morgan fingerprint density at radius 3 is 2.50 bits per heavy atom. The minimum absolute atomic E-state index is 0.0941. The van der Waals surface area contributed by atoms with Gasteiger partial charge in [0.2, 0.25) is 0 Å². The fourth-order valence-corrected chi connectivity index (χ4v) is 3.64. The Hall–Kier alpha value is -0.610. The molecule has 2 aromatic rings. The van der Waals surface area contributed by atoms with Crippen molar-refractivity contribution >= 4 is 34.5 Å². The molecule has 0 saturated carbocycles. The maximum atomic E-state index is 13.0. The molecule has 1 nitrogen and oxygen atoms in total. The highest BCUT2D eigenvalue weighted by molar-refractivity contribution is 7.20. The Labute approximate surface area is 132 Å². The van der Waals surface area contributed by atoms with E-state index in [2.05, 4.69) is 12.2 Å². The Kier molecular flexibility index (Phi) is 5.85. The van der Waals surface area contributed by atoms with E-state index in [-0.39, 0.29) is 11.9 Å². The fraction of sp³-hybridized carbons (Fsp3) is 0.333. The zero-order valence-corrected chi connectivity index (χ0v) is 13.5. The lowest BCUT2D eigenvalue weighted by atomic mass is 10.0. The SMILES string of the molecule is CCCNC(Cc1ccc(F)cc1)c1cc(Cl)sc1Cl. The molecule has 0 aliphatic carbocycles. The van der Waals surface area contributed by atoms with Crippen LogP contribution in [-0.2, 0) is 6.42 Å². The van der Waals surface area contributed by atoms with Gasteiger partial charge in [-0.3, -0.25) is 0 Å². The van der Waals surface area contributed by atoms with E-state index in [9.17, 15) is 4.39 Å². The molecule has 0 saturated heterocycles. The second-order valence-corrected chi connectivity index (χ2v) is 6.90. The molecule has 0 spiro atoms. The van der Waals surface area contributed by atoms with Gasteiger partial charge in [-0.05, 0) is 43.1 Å². The van der Waals surface area contributed by atoms with Gasteiger partial charge in [0.1, 0.15) is 5.82 Å². The molecule has 1 atom stereocenters. The number of nitrogens with one attached hydrogen (secondary N) is 1. The molecule has 0 bridgehead atoms. The Morgan fingerprint density at radius 1 is 1.25 bits per heavy atom. The largest absolute Gasteiger partial charge is 0.310 e. The van der Waals surface area contributed by atoms with Gasteiger partial charge in [0.25, 0.3) is 0 Å². The van der Waals surface area contributed by atoms with Crippen LogP contribution < -0.4 is 5.32 Å². The summed E-state index contributed by atoms with van der Waals surface area (Å²) >= 11 is 13.6. The predicted molar refractivity (Wildman–Crippen MR) is 85.5 cm³/mol. The molecule has 0 aliphatic rings. The molecule has 0 radical (unpaired) electrons. The molecular formula is C15H16Cl2FNS. The normalized spacial score (nSPS) is 12.6. The topological polar surface area (TPSA) is 12.0 Å². The highest BCUT2D eigenvalue weighted by atomic mass is 35.5. The molecular weight excluding hydrogens is 316 g/mol. The molecule has 20 heavy (non-hydrogen) atoms. The quantitative estimate of drug-likeness (QED) is 0.739. The minimum Gasteiger partial charge on any atom is -0.310 e. The van der Waals surface area contributed by atoms with Crippen molar-refractivity contribution in [1.29, 1.82) is 0 Å². The third kappa shape index (κ3) is 4.19. The zero-order chi connectivity index (χ0) is 14.5. The van der Waals surface area contributed by atoms with E-state index in [0.29, 0.717) is 8.67 Å². The van der Waals surface area contributed by atoms with Crippen LogP contribution >= 0.6 is 34.5 Å². The molecule has 108 valence electrons. The summed E-state index contributed by atoms with van der Waals surface area (Å²) < 4.78 is 14.4. The molecule has 0 aliphatic heterocycles. The summed E-state index contributed by atoms with van der Waals surface area (Å²) in [7, 11) is 0. The van der Waals surface area contributed by atoms with E-state index in [0.717, 1.165) is 30.5 Å². The summed E-state index contributed by atoms with van der Waals surface area (Å²) in [5.41, 5.74) is 2.08. The Balaban J connectivity index is 2.19. The van der Waals surface area contributed by atoms with E-state index in [1.54, 1.807) is 12.1 Å². The lowest BCUT2D eigenvalue weighted by molar-refractivity contribution is 0.530. The molecule has 2 rings (SSSR count). The van der Waals surface area contributed by atoms with Crippen molar-refractivity contribution in [2.75, 3.05) is 6.54 Å². The van der Waals surface area contributed by atoms with Gasteiger partial charge in [0.05, 0.1) is 8.67 Å². The first-order valence-electron chi connectivity index (χ1n) is 6.52. The summed E-state index contributed by atoms with van der Waals surface area (Å²) in [6, 6.07) is 8.57. The first kappa shape index (κ1) is 15.8. The molecule has 0 fully saturated rings. The monoisotopic (exact) mass is 331 g/mol. The summed E-state index contributed by atoms with van der Waals surface area (Å²) in [5, 5.41) is 3.47. The zero-order valence-electron chi connectivity index (χ0n) is 11.1. The van der Waals surface area contributed by atoms with Gasteiger partial charge < -0.3 is 5.32 Å². The lowest BCUT2D eigenvalue weighted by Crippen LogP contribution is -2.24. The van der Waals surface area contributed by atoms with Crippen molar-refractivity contribution in [1.82, 2.24) is 5.32 Å². The van der Waals surface area contributed by atoms with Crippen molar-refractivity contribution in [3.05, 3.63) is 55.9 Å². The van der Waals surface area contributed by atoms with Crippen molar-refractivity contribution in [2.45, 2.75) is 25.8 Å². The van der Waals surface area contributed by atoms with Gasteiger partial charge in [0.15, 0.2) is 0 Å². The highest BCUT2D eigenvalue weighted by Gasteiger charge is 2.17. The van der Waals surface area contributed by atoms with Crippen LogP contribution in [0.2, 0.25) is 8.67 Å². The smallest absolute Gasteiger partial charge is 0.123 e. The molecule has 0 amide bonds. The molecule has 1 N–H and O–H groups in total. The first-order chi connectivity index (χ1) is 9.60. The fourth-order valence-electron chi connectivity index (χ4n) is 2.06. The van der Waals surface area contributed by atoms with Crippen molar-refractivity contribution in [3.8, 4) is 0 Å². The van der Waals surface area contributed by atoms with Gasteiger partial charge in [-0.25, -0.2) is 4.39 Å². The van der Waals surface area contributed by atoms with Crippen LogP contribution in [0.15, 0.2) is 30.3 Å². The number of hydrogen-bond acceptors (Lipinski definition) is 2. The number of benzene rings is 1. The van der Waals surface area contributed by atoms with Gasteiger partial charge >= 0.3 is 0 Å². The molecule has 5 heteroatoms. The second-order valence-electron chi connectivity index (χ2n) is 4.62. The molecule has 1 aromatic heterocycles. The van der Waals surface area contributed by atoms with E-state index < -0.39 is 0 Å². The highest BCUT2D eigenvalue weighted by Crippen LogP contribution is 2.36. The Bertz CT molecular complexity index is 554. The van der Waals surface area contributed by atoms with Crippen molar-refractivity contribution < 1.29 is 4.39 Å². The van der Waals surface area contributed by atoms with Crippen LogP contribution in [0.3, 0.4) is 0 Å². The average Bonchev–Trinajstić information content (AvgIpc) is 2.76. The van der Waals surface area contributed by atoms with E-state index >= 15 is 0 Å². The van der Waals surface area contributed by atoms with Crippen molar-refractivity contribution in [2.24, 2.45) is 0 Å². The van der Waals surface area contributed by atoms with Crippen molar-refractivity contribution in [3.63, 3.8) is 0 Å². The Morgan fingerprint density at radius 2 is 1.95 bits per heavy atom. The third-order valence-electron chi connectivity index (χ3n) is 3.05. The van der Waals surface area contributed by atoms with E-state index in [1.807, 2.05) is 6.07 Å². The summed E-state index contributed by atoms with van der Waals surface area (Å²) in [6.07, 6.45) is 1.79. The van der Waals surface area contributed by atoms with Gasteiger partial charge in [-0.1, -0.05) is 42.3 Å². The minimum atomic E-state index is -0.219. The number of thiophene rings is 1. The maximum Gasteiger partial charge on any atom is 0.123 e. The van der Waals surface area contributed by atoms with Gasteiger partial charge in [-0.15, -0.1) is 11.3 Å². The maximum absolute atomic E-state index is 13.0. The summed E-state index contributed by atoms with van der Waals surface area (Å²) in [4.78, 5) is 0. The third-order valence-corrected chi connectivity index (χ3v) is 4.57. The van der Waals surface area contributed by atoms with Gasteiger partial charge in [0, 0.05) is 11.6 Å². The molecule has 1 aromatic carbocycles. The van der Waals surface area contributed by atoms with Crippen LogP contribution in [0.25, 0.3) is 0 Å². The summed E-state index contributed by atoms with van der Waals surface area (Å²) in [6.45, 7) is 3.01. The standard InChI is InChI=1S/C15H16Cl2FNS/c1-2-7-19-13(12-9-14(16)20-15(12)17)8-10-3-5-11(18)6-4-10/h3-6,9,13,19H,2,7-8H2,1H3. The van der Waals surface area contributed by atoms with Crippen LogP contribution in [0.5, 0.6) is 0 Å². The van der Waals surface area contributed by atoms with Gasteiger partial charge in [-0.2, -0.15) is 0 Å². The van der Waals surface area contributed by atoms with Crippen LogP contribution in [-0.4, -0.2) is 6.54 Å². The number of halogens is 3. The molecule has 1 unspecified atom stereocenters. The van der Waals surface area contributed by atoms with Crippen LogP contribution in [0, 0.1) is 5.82 Å². The van der Waals surface area contributed by atoms with Crippen LogP contribution in [0.1, 0.15) is 30.5 Å². The lowest BCUT2D eigenvalue weighted by Gasteiger charge is -2.18. The average molecular weight is 332 g/mol. The number of rotatable bonds is 6. The second kappa shape index (κ2) is 7.41. The van der Waals surface area contributed by atoms with E-state index in [4.69, 9.17) is 23.2 Å². The molecule has 1 heterocycles. The van der Waals surface area contributed by atoms with Crippen LogP contribution in [0.4, 0.5) is 4.39 Å². The predicted octanol–water partition coefficient (Wildman–Crippen LogP) is 5.48. The van der Waals surface area contributed by atoms with E-state index in [1.165, 1.54) is 23.5 Å². The number of hydrogen-bond donors (Lipinski definition) is 1. The summed E-state index contributed by atoms with van der Waals surface area (Å²) in [5.74, 6) is -0.219.